The number of non-ortho nitro benzene ring substituents is 1. The SMILES string of the molecule is CCCC(CBr)(CCC)COc1ccc([N+](=O)[O-])cc1. The molecule has 0 saturated heterocycles. The third-order valence-electron chi connectivity index (χ3n) is 3.44. The van der Waals surface area contributed by atoms with E-state index in [-0.39, 0.29) is 11.1 Å². The van der Waals surface area contributed by atoms with Gasteiger partial charge in [0, 0.05) is 22.9 Å². The Kier molecular flexibility index (Phi) is 6.99. The third kappa shape index (κ3) is 4.78. The molecule has 0 atom stereocenters. The van der Waals surface area contributed by atoms with Crippen molar-refractivity contribution in [3.63, 3.8) is 0 Å². The third-order valence-corrected chi connectivity index (χ3v) is 4.63. The van der Waals surface area contributed by atoms with E-state index in [0.29, 0.717) is 12.4 Å². The normalized spacial score (nSPS) is 11.3. The molecule has 0 unspecified atom stereocenters. The monoisotopic (exact) mass is 343 g/mol. The number of alkyl halides is 1. The van der Waals surface area contributed by atoms with Gasteiger partial charge in [-0.25, -0.2) is 0 Å². The molecule has 0 heterocycles. The molecule has 20 heavy (non-hydrogen) atoms. The first kappa shape index (κ1) is 17.0. The first-order chi connectivity index (χ1) is 9.56. The standard InChI is InChI=1S/C15H22BrNO3/c1-3-9-15(11-16,10-4-2)12-20-14-7-5-13(6-8-14)17(18)19/h5-8H,3-4,9-12H2,1-2H3. The first-order valence-corrected chi connectivity index (χ1v) is 8.12. The van der Waals surface area contributed by atoms with E-state index in [0.717, 1.165) is 31.0 Å². The second kappa shape index (κ2) is 8.25. The predicted molar refractivity (Wildman–Crippen MR) is 84.6 cm³/mol. The van der Waals surface area contributed by atoms with Gasteiger partial charge in [0.2, 0.25) is 0 Å². The highest BCUT2D eigenvalue weighted by molar-refractivity contribution is 9.09. The predicted octanol–water partition coefficient (Wildman–Crippen LogP) is 4.96. The van der Waals surface area contributed by atoms with Crippen LogP contribution in [0.25, 0.3) is 0 Å². The van der Waals surface area contributed by atoms with Gasteiger partial charge in [-0.2, -0.15) is 0 Å². The van der Waals surface area contributed by atoms with Crippen molar-refractivity contribution in [2.24, 2.45) is 5.41 Å². The highest BCUT2D eigenvalue weighted by atomic mass is 79.9. The molecule has 5 heteroatoms. The molecule has 0 saturated carbocycles. The van der Waals surface area contributed by atoms with Gasteiger partial charge in [-0.3, -0.25) is 10.1 Å². The van der Waals surface area contributed by atoms with Crippen LogP contribution in [0.3, 0.4) is 0 Å². The van der Waals surface area contributed by atoms with Crippen LogP contribution in [-0.2, 0) is 0 Å². The van der Waals surface area contributed by atoms with Crippen molar-refractivity contribution in [3.8, 4) is 5.75 Å². The molecular weight excluding hydrogens is 322 g/mol. The quantitative estimate of drug-likeness (QED) is 0.362. The highest BCUT2D eigenvalue weighted by Gasteiger charge is 2.28. The van der Waals surface area contributed by atoms with Gasteiger partial charge in [0.25, 0.3) is 5.69 Å². The van der Waals surface area contributed by atoms with Crippen LogP contribution in [0.1, 0.15) is 39.5 Å². The highest BCUT2D eigenvalue weighted by Crippen LogP contribution is 2.33. The topological polar surface area (TPSA) is 52.4 Å². The maximum absolute atomic E-state index is 10.6. The van der Waals surface area contributed by atoms with Gasteiger partial charge >= 0.3 is 0 Å². The molecule has 0 aliphatic carbocycles. The van der Waals surface area contributed by atoms with E-state index in [9.17, 15) is 10.1 Å². The summed E-state index contributed by atoms with van der Waals surface area (Å²) in [6.07, 6.45) is 4.46. The average molecular weight is 344 g/mol. The van der Waals surface area contributed by atoms with E-state index in [1.54, 1.807) is 12.1 Å². The van der Waals surface area contributed by atoms with Gasteiger partial charge in [0.1, 0.15) is 5.75 Å². The van der Waals surface area contributed by atoms with E-state index in [2.05, 4.69) is 29.8 Å². The summed E-state index contributed by atoms with van der Waals surface area (Å²) in [5.41, 5.74) is 0.233. The van der Waals surface area contributed by atoms with Gasteiger partial charge in [-0.05, 0) is 25.0 Å². The molecule has 0 fully saturated rings. The van der Waals surface area contributed by atoms with Crippen molar-refractivity contribution in [1.82, 2.24) is 0 Å². The Labute approximate surface area is 128 Å². The van der Waals surface area contributed by atoms with Crippen LogP contribution in [0.4, 0.5) is 5.69 Å². The molecule has 0 aliphatic rings. The summed E-state index contributed by atoms with van der Waals surface area (Å²) >= 11 is 3.61. The zero-order chi connectivity index (χ0) is 15.0. The lowest BCUT2D eigenvalue weighted by atomic mass is 9.82. The Bertz CT molecular complexity index is 414. The number of hydrogen-bond acceptors (Lipinski definition) is 3. The van der Waals surface area contributed by atoms with Crippen LogP contribution in [0.2, 0.25) is 0 Å². The Morgan fingerprint density at radius 1 is 1.20 bits per heavy atom. The Morgan fingerprint density at radius 3 is 2.15 bits per heavy atom. The van der Waals surface area contributed by atoms with Crippen molar-refractivity contribution in [1.29, 1.82) is 0 Å². The fourth-order valence-corrected chi connectivity index (χ4v) is 3.13. The molecule has 4 nitrogen and oxygen atoms in total. The Hall–Kier alpha value is -1.10. The molecule has 0 spiro atoms. The van der Waals surface area contributed by atoms with Crippen LogP contribution >= 0.6 is 15.9 Å². The molecule has 0 radical (unpaired) electrons. The lowest BCUT2D eigenvalue weighted by Crippen LogP contribution is -2.30. The summed E-state index contributed by atoms with van der Waals surface area (Å²) in [5.74, 6) is 0.688. The van der Waals surface area contributed by atoms with Gasteiger partial charge in [0.05, 0.1) is 11.5 Å². The lowest BCUT2D eigenvalue weighted by Gasteiger charge is -2.31. The molecule has 0 bridgehead atoms. The van der Waals surface area contributed by atoms with Crippen LogP contribution in [0.5, 0.6) is 5.75 Å². The molecule has 0 amide bonds. The number of benzene rings is 1. The van der Waals surface area contributed by atoms with Gasteiger partial charge < -0.3 is 4.74 Å². The minimum Gasteiger partial charge on any atom is -0.493 e. The summed E-state index contributed by atoms with van der Waals surface area (Å²) in [7, 11) is 0. The second-order valence-electron chi connectivity index (χ2n) is 5.17. The number of rotatable bonds is 9. The van der Waals surface area contributed by atoms with Gasteiger partial charge in [0.15, 0.2) is 0 Å². The molecule has 1 aromatic carbocycles. The largest absolute Gasteiger partial charge is 0.493 e. The minimum absolute atomic E-state index is 0.0891. The summed E-state index contributed by atoms with van der Waals surface area (Å²) < 4.78 is 5.85. The van der Waals surface area contributed by atoms with Crippen molar-refractivity contribution in [2.75, 3.05) is 11.9 Å². The van der Waals surface area contributed by atoms with E-state index in [1.807, 2.05) is 0 Å². The number of nitro benzene ring substituents is 1. The number of nitrogens with zero attached hydrogens (tertiary/aromatic N) is 1. The summed E-state index contributed by atoms with van der Waals surface area (Å²) in [6, 6.07) is 6.28. The van der Waals surface area contributed by atoms with Crippen LogP contribution in [0.15, 0.2) is 24.3 Å². The molecule has 112 valence electrons. The smallest absolute Gasteiger partial charge is 0.269 e. The maximum Gasteiger partial charge on any atom is 0.269 e. The minimum atomic E-state index is -0.402. The van der Waals surface area contributed by atoms with Crippen LogP contribution < -0.4 is 4.74 Å². The Balaban J connectivity index is 2.68. The fraction of sp³-hybridized carbons (Fsp3) is 0.600. The average Bonchev–Trinajstić information content (AvgIpc) is 2.45. The number of hydrogen-bond donors (Lipinski definition) is 0. The van der Waals surface area contributed by atoms with Gasteiger partial charge in [-0.1, -0.05) is 42.6 Å². The lowest BCUT2D eigenvalue weighted by molar-refractivity contribution is -0.384. The number of nitro groups is 1. The maximum atomic E-state index is 10.6. The fourth-order valence-electron chi connectivity index (χ4n) is 2.40. The van der Waals surface area contributed by atoms with Crippen LogP contribution in [-0.4, -0.2) is 16.9 Å². The van der Waals surface area contributed by atoms with Gasteiger partial charge in [-0.15, -0.1) is 0 Å². The molecule has 1 rings (SSSR count). The summed E-state index contributed by atoms with van der Waals surface area (Å²) in [5, 5.41) is 11.5. The second-order valence-corrected chi connectivity index (χ2v) is 5.73. The van der Waals surface area contributed by atoms with E-state index >= 15 is 0 Å². The van der Waals surface area contributed by atoms with E-state index in [1.165, 1.54) is 12.1 Å². The molecule has 0 N–H and O–H groups in total. The molecule has 0 aliphatic heterocycles. The molecule has 0 aromatic heterocycles. The van der Waals surface area contributed by atoms with E-state index < -0.39 is 4.92 Å². The van der Waals surface area contributed by atoms with Crippen molar-refractivity contribution >= 4 is 21.6 Å². The van der Waals surface area contributed by atoms with Crippen molar-refractivity contribution < 1.29 is 9.66 Å². The van der Waals surface area contributed by atoms with Crippen molar-refractivity contribution in [2.45, 2.75) is 39.5 Å². The Morgan fingerprint density at radius 2 is 1.75 bits per heavy atom. The zero-order valence-corrected chi connectivity index (χ0v) is 13.7. The summed E-state index contributed by atoms with van der Waals surface area (Å²) in [4.78, 5) is 10.2. The first-order valence-electron chi connectivity index (χ1n) is 7.00. The summed E-state index contributed by atoms with van der Waals surface area (Å²) in [6.45, 7) is 5.00. The number of halogens is 1. The zero-order valence-electron chi connectivity index (χ0n) is 12.1. The van der Waals surface area contributed by atoms with Crippen molar-refractivity contribution in [3.05, 3.63) is 34.4 Å². The van der Waals surface area contributed by atoms with E-state index in [4.69, 9.17) is 4.74 Å². The molecular formula is C15H22BrNO3. The molecule has 1 aromatic rings. The number of ether oxygens (including phenoxy) is 1. The van der Waals surface area contributed by atoms with Crippen LogP contribution in [0, 0.1) is 15.5 Å².